The van der Waals surface area contributed by atoms with Gasteiger partial charge in [-0.1, -0.05) is 58.4 Å². The van der Waals surface area contributed by atoms with Gasteiger partial charge in [0.05, 0.1) is 6.42 Å². The molecule has 2 rings (SSSR count). The van der Waals surface area contributed by atoms with Crippen LogP contribution in [0.25, 0.3) is 0 Å². The number of hydrogen-bond acceptors (Lipinski definition) is 3. The third-order valence-corrected chi connectivity index (χ3v) is 3.98. The zero-order valence-corrected chi connectivity index (χ0v) is 14.0. The molecule has 3 nitrogen and oxygen atoms in total. The van der Waals surface area contributed by atoms with E-state index >= 15 is 0 Å². The average Bonchev–Trinajstić information content (AvgIpc) is 2.53. The highest BCUT2D eigenvalue weighted by atomic mass is 79.9. The van der Waals surface area contributed by atoms with E-state index in [2.05, 4.69) is 15.9 Å². The Hall–Kier alpha value is -1.65. The molecule has 4 heteroatoms. The molecule has 0 fully saturated rings. The number of halogens is 1. The standard InChI is InChI=1S/C18H20BrNO2/c19-17-8-4-7-15(11-17)16(9-10-20)12-18(21)22-13-14-5-2-1-3-6-14/h1-8,11,16H,9-10,12-13,20H2/t16-/m0/s1. The molecule has 0 saturated carbocycles. The Labute approximate surface area is 139 Å². The van der Waals surface area contributed by atoms with E-state index in [4.69, 9.17) is 10.5 Å². The molecule has 116 valence electrons. The molecule has 0 saturated heterocycles. The topological polar surface area (TPSA) is 52.3 Å². The molecule has 0 spiro atoms. The van der Waals surface area contributed by atoms with E-state index in [0.717, 1.165) is 22.0 Å². The summed E-state index contributed by atoms with van der Waals surface area (Å²) in [7, 11) is 0. The van der Waals surface area contributed by atoms with Crippen LogP contribution >= 0.6 is 15.9 Å². The Kier molecular flexibility index (Phi) is 6.62. The van der Waals surface area contributed by atoms with Crippen molar-refractivity contribution in [1.82, 2.24) is 0 Å². The third kappa shape index (κ3) is 5.28. The van der Waals surface area contributed by atoms with Crippen molar-refractivity contribution in [3.05, 3.63) is 70.2 Å². The van der Waals surface area contributed by atoms with Crippen LogP contribution in [-0.2, 0) is 16.1 Å². The number of esters is 1. The molecule has 0 aliphatic heterocycles. The molecule has 0 heterocycles. The highest BCUT2D eigenvalue weighted by Gasteiger charge is 2.17. The summed E-state index contributed by atoms with van der Waals surface area (Å²) in [6.07, 6.45) is 1.11. The molecule has 0 amide bonds. The van der Waals surface area contributed by atoms with Gasteiger partial charge >= 0.3 is 5.97 Å². The SMILES string of the molecule is NCC[C@@H](CC(=O)OCc1ccccc1)c1cccc(Br)c1. The van der Waals surface area contributed by atoms with Crippen molar-refractivity contribution in [3.63, 3.8) is 0 Å². The first-order valence-corrected chi connectivity index (χ1v) is 8.13. The van der Waals surface area contributed by atoms with E-state index in [1.54, 1.807) is 0 Å². The predicted octanol–water partition coefficient (Wildman–Crippen LogP) is 4.02. The lowest BCUT2D eigenvalue weighted by molar-refractivity contribution is -0.145. The van der Waals surface area contributed by atoms with Crippen molar-refractivity contribution < 1.29 is 9.53 Å². The molecule has 2 aromatic rings. The lowest BCUT2D eigenvalue weighted by atomic mass is 9.92. The monoisotopic (exact) mass is 361 g/mol. The van der Waals surface area contributed by atoms with E-state index in [-0.39, 0.29) is 11.9 Å². The third-order valence-electron chi connectivity index (χ3n) is 3.49. The van der Waals surface area contributed by atoms with Crippen molar-refractivity contribution in [1.29, 1.82) is 0 Å². The van der Waals surface area contributed by atoms with E-state index in [1.165, 1.54) is 0 Å². The Morgan fingerprint density at radius 1 is 1.14 bits per heavy atom. The summed E-state index contributed by atoms with van der Waals surface area (Å²) in [6.45, 7) is 0.858. The van der Waals surface area contributed by atoms with Gasteiger partial charge in [0.2, 0.25) is 0 Å². The highest BCUT2D eigenvalue weighted by molar-refractivity contribution is 9.10. The Bertz CT molecular complexity index is 601. The summed E-state index contributed by atoms with van der Waals surface area (Å²) in [4.78, 5) is 12.1. The van der Waals surface area contributed by atoms with Crippen LogP contribution in [-0.4, -0.2) is 12.5 Å². The predicted molar refractivity (Wildman–Crippen MR) is 91.4 cm³/mol. The number of benzene rings is 2. The molecule has 2 aromatic carbocycles. The Balaban J connectivity index is 1.94. The molecule has 0 aliphatic rings. The maximum Gasteiger partial charge on any atom is 0.306 e. The van der Waals surface area contributed by atoms with Crippen molar-refractivity contribution in [3.8, 4) is 0 Å². The molecule has 0 aliphatic carbocycles. The van der Waals surface area contributed by atoms with E-state index < -0.39 is 0 Å². The largest absolute Gasteiger partial charge is 0.461 e. The fourth-order valence-electron chi connectivity index (χ4n) is 2.35. The normalized spacial score (nSPS) is 11.9. The van der Waals surface area contributed by atoms with Crippen LogP contribution in [0.4, 0.5) is 0 Å². The molecular formula is C18H20BrNO2. The summed E-state index contributed by atoms with van der Waals surface area (Å²) in [5.41, 5.74) is 7.78. The van der Waals surface area contributed by atoms with Crippen molar-refractivity contribution in [2.75, 3.05) is 6.54 Å². The maximum absolute atomic E-state index is 12.1. The summed E-state index contributed by atoms with van der Waals surface area (Å²) in [5, 5.41) is 0. The fourth-order valence-corrected chi connectivity index (χ4v) is 2.76. The number of carbonyl (C=O) groups excluding carboxylic acids is 1. The number of ether oxygens (including phenoxy) is 1. The number of hydrogen-bond donors (Lipinski definition) is 1. The molecule has 1 atom stereocenters. The molecule has 0 unspecified atom stereocenters. The molecule has 2 N–H and O–H groups in total. The molecule has 0 aromatic heterocycles. The van der Waals surface area contributed by atoms with Crippen molar-refractivity contribution in [2.45, 2.75) is 25.4 Å². The van der Waals surface area contributed by atoms with Crippen LogP contribution in [0.5, 0.6) is 0 Å². The summed E-state index contributed by atoms with van der Waals surface area (Å²) >= 11 is 3.46. The number of nitrogens with two attached hydrogens (primary N) is 1. The second-order valence-electron chi connectivity index (χ2n) is 5.18. The smallest absolute Gasteiger partial charge is 0.306 e. The summed E-state index contributed by atoms with van der Waals surface area (Å²) in [6, 6.07) is 17.7. The van der Waals surface area contributed by atoms with Gasteiger partial charge in [-0.05, 0) is 42.1 Å². The Morgan fingerprint density at radius 3 is 2.59 bits per heavy atom. The quantitative estimate of drug-likeness (QED) is 0.757. The van der Waals surface area contributed by atoms with Gasteiger partial charge in [-0.25, -0.2) is 0 Å². The first-order valence-electron chi connectivity index (χ1n) is 7.34. The zero-order chi connectivity index (χ0) is 15.8. The average molecular weight is 362 g/mol. The highest BCUT2D eigenvalue weighted by Crippen LogP contribution is 2.26. The van der Waals surface area contributed by atoms with E-state index in [9.17, 15) is 4.79 Å². The number of rotatable bonds is 7. The summed E-state index contributed by atoms with van der Waals surface area (Å²) < 4.78 is 6.37. The van der Waals surface area contributed by atoms with Crippen LogP contribution in [0.1, 0.15) is 29.9 Å². The molecule has 0 bridgehead atoms. The van der Waals surface area contributed by atoms with Gasteiger partial charge in [-0.2, -0.15) is 0 Å². The maximum atomic E-state index is 12.1. The van der Waals surface area contributed by atoms with Crippen molar-refractivity contribution >= 4 is 21.9 Å². The minimum atomic E-state index is -0.192. The van der Waals surface area contributed by atoms with Gasteiger partial charge in [-0.15, -0.1) is 0 Å². The van der Waals surface area contributed by atoms with Crippen LogP contribution in [0, 0.1) is 0 Å². The van der Waals surface area contributed by atoms with Gasteiger partial charge in [0, 0.05) is 4.47 Å². The first-order chi connectivity index (χ1) is 10.7. The van der Waals surface area contributed by atoms with E-state index in [1.807, 2.05) is 54.6 Å². The van der Waals surface area contributed by atoms with Gasteiger partial charge < -0.3 is 10.5 Å². The molecular weight excluding hydrogens is 342 g/mol. The minimum absolute atomic E-state index is 0.0887. The second kappa shape index (κ2) is 8.71. The zero-order valence-electron chi connectivity index (χ0n) is 12.4. The second-order valence-corrected chi connectivity index (χ2v) is 6.10. The fraction of sp³-hybridized carbons (Fsp3) is 0.278. The van der Waals surface area contributed by atoms with E-state index in [0.29, 0.717) is 19.6 Å². The van der Waals surface area contributed by atoms with Crippen LogP contribution in [0.15, 0.2) is 59.1 Å². The number of carbonyl (C=O) groups is 1. The van der Waals surface area contributed by atoms with Crippen molar-refractivity contribution in [2.24, 2.45) is 5.73 Å². The van der Waals surface area contributed by atoms with Gasteiger partial charge in [0.25, 0.3) is 0 Å². The van der Waals surface area contributed by atoms with Gasteiger partial charge in [-0.3, -0.25) is 4.79 Å². The molecule has 22 heavy (non-hydrogen) atoms. The molecule has 0 radical (unpaired) electrons. The van der Waals surface area contributed by atoms with Crippen LogP contribution in [0.2, 0.25) is 0 Å². The summed E-state index contributed by atoms with van der Waals surface area (Å²) in [5.74, 6) is -0.104. The van der Waals surface area contributed by atoms with Gasteiger partial charge in [0.1, 0.15) is 6.61 Å². The van der Waals surface area contributed by atoms with Crippen LogP contribution in [0.3, 0.4) is 0 Å². The Morgan fingerprint density at radius 2 is 1.91 bits per heavy atom. The first kappa shape index (κ1) is 16.7. The van der Waals surface area contributed by atoms with Crippen LogP contribution < -0.4 is 5.73 Å². The minimum Gasteiger partial charge on any atom is -0.461 e. The lowest BCUT2D eigenvalue weighted by Gasteiger charge is -2.16. The lowest BCUT2D eigenvalue weighted by Crippen LogP contribution is -2.14. The van der Waals surface area contributed by atoms with Gasteiger partial charge in [0.15, 0.2) is 0 Å².